The van der Waals surface area contributed by atoms with Gasteiger partial charge >= 0.3 is 200 Å². The molecule has 0 aliphatic carbocycles. The number of aromatic hydroxyl groups is 1. The monoisotopic (exact) mass is 540 g/mol. The molecule has 1 unspecified atom stereocenters. The minimum absolute atomic E-state index is 0.181. The van der Waals surface area contributed by atoms with E-state index < -0.39 is 28.1 Å². The van der Waals surface area contributed by atoms with Crippen LogP contribution in [-0.4, -0.2) is 27.7 Å². The Labute approximate surface area is 199 Å². The second-order valence-corrected chi connectivity index (χ2v) is 27.8. The topological polar surface area (TPSA) is 29.5 Å². The first kappa shape index (κ1) is 26.2. The van der Waals surface area contributed by atoms with Crippen molar-refractivity contribution in [3.05, 3.63) is 53.6 Å². The van der Waals surface area contributed by atoms with Gasteiger partial charge in [0.05, 0.1) is 0 Å². The molecule has 1 atom stereocenters. The van der Waals surface area contributed by atoms with Crippen molar-refractivity contribution in [1.82, 2.24) is 0 Å². The predicted molar refractivity (Wildman–Crippen MR) is 143 cm³/mol. The summed E-state index contributed by atoms with van der Waals surface area (Å²) < 4.78 is 8.16. The van der Waals surface area contributed by atoms with Gasteiger partial charge in [0.2, 0.25) is 0 Å². The van der Waals surface area contributed by atoms with Crippen LogP contribution in [0.15, 0.2) is 42.5 Å². The molecule has 0 saturated heterocycles. The van der Waals surface area contributed by atoms with E-state index in [2.05, 4.69) is 104 Å². The van der Waals surface area contributed by atoms with E-state index in [9.17, 15) is 5.11 Å². The molecule has 0 aromatic heterocycles. The molecule has 2 rings (SSSR count). The molecule has 1 N–H and O–H groups in total. The number of phenolic OH excluding ortho intramolecular Hbond substituents is 1. The summed E-state index contributed by atoms with van der Waals surface area (Å²) in [5, 5.41) is 12.2. The second-order valence-electron chi connectivity index (χ2n) is 10.6. The van der Waals surface area contributed by atoms with E-state index >= 15 is 0 Å². The van der Waals surface area contributed by atoms with Gasteiger partial charge in [0.1, 0.15) is 0 Å². The fraction of sp³-hybridized carbons (Fsp3) is 0.478. The van der Waals surface area contributed by atoms with Crippen LogP contribution < -0.4 is 9.70 Å². The number of rotatable bonds is 6. The van der Waals surface area contributed by atoms with Crippen LogP contribution in [0.3, 0.4) is 0 Å². The summed E-state index contributed by atoms with van der Waals surface area (Å²) >= 11 is 5.87. The summed E-state index contributed by atoms with van der Waals surface area (Å²) in [6.45, 7) is 19.5. The number of benzene rings is 2. The molecule has 30 heavy (non-hydrogen) atoms. The predicted octanol–water partition coefficient (Wildman–Crippen LogP) is 6.45. The van der Waals surface area contributed by atoms with Crippen LogP contribution in [0, 0.1) is 0 Å². The van der Waals surface area contributed by atoms with Gasteiger partial charge in [-0.2, -0.15) is 0 Å². The van der Waals surface area contributed by atoms with E-state index in [4.69, 9.17) is 16.0 Å². The summed E-state index contributed by atoms with van der Waals surface area (Å²) in [5.41, 5.74) is -0.763. The molecule has 2 radical (unpaired) electrons. The molecule has 7 heteroatoms. The molecule has 0 aliphatic rings. The Balaban J connectivity index is 2.66. The summed E-state index contributed by atoms with van der Waals surface area (Å²) in [7, 11) is 0.0114. The fourth-order valence-electron chi connectivity index (χ4n) is 3.02. The normalized spacial score (nSPS) is 15.1. The van der Waals surface area contributed by atoms with E-state index in [1.54, 1.807) is 0 Å². The summed E-state index contributed by atoms with van der Waals surface area (Å²) in [6, 6.07) is 14.9. The van der Waals surface area contributed by atoms with Crippen LogP contribution in [0.2, 0.25) is 19.6 Å². The Morgan fingerprint density at radius 3 is 1.80 bits per heavy atom. The number of hydrogen-bond donors (Lipinski definition) is 1. The summed E-state index contributed by atoms with van der Waals surface area (Å²) in [4.78, 5) is 0. The molecule has 0 aliphatic heterocycles. The first-order valence-corrected chi connectivity index (χ1v) is 21.4. The van der Waals surface area contributed by atoms with Crippen LogP contribution in [0.1, 0.15) is 52.7 Å². The van der Waals surface area contributed by atoms with Gasteiger partial charge in [-0.25, -0.2) is 0 Å². The van der Waals surface area contributed by atoms with E-state index in [0.29, 0.717) is 5.75 Å². The first-order chi connectivity index (χ1) is 13.5. The Morgan fingerprint density at radius 1 is 0.933 bits per heavy atom. The minimum atomic E-state index is -2.32. The van der Waals surface area contributed by atoms with Crippen molar-refractivity contribution in [2.75, 3.05) is 0 Å². The third-order valence-electron chi connectivity index (χ3n) is 4.48. The van der Waals surface area contributed by atoms with Crippen molar-refractivity contribution >= 4 is 59.3 Å². The van der Waals surface area contributed by atoms with Crippen LogP contribution >= 0.6 is 15.2 Å². The van der Waals surface area contributed by atoms with Gasteiger partial charge in [0.25, 0.3) is 0 Å². The maximum atomic E-state index is 11.1. The Hall–Kier alpha value is -0.0403. The molecule has 2 aromatic rings. The molecule has 0 amide bonds. The van der Waals surface area contributed by atoms with Crippen molar-refractivity contribution in [3.8, 4) is 5.75 Å². The van der Waals surface area contributed by atoms with Crippen molar-refractivity contribution in [2.24, 2.45) is 0 Å². The van der Waals surface area contributed by atoms with E-state index in [-0.39, 0.29) is 10.8 Å². The molecule has 164 valence electrons. The maximum absolute atomic E-state index is 11.1. The molecule has 2 aromatic carbocycles. The average molecular weight is 539 g/mol. The van der Waals surface area contributed by atoms with Crippen molar-refractivity contribution < 1.29 is 9.32 Å². The zero-order valence-corrected chi connectivity index (χ0v) is 25.3. The summed E-state index contributed by atoms with van der Waals surface area (Å²) in [6.07, 6.45) is 0. The van der Waals surface area contributed by atoms with Gasteiger partial charge in [-0.05, 0) is 0 Å². The Bertz CT molecular complexity index is 894. The van der Waals surface area contributed by atoms with Gasteiger partial charge in [-0.3, -0.25) is 0 Å². The van der Waals surface area contributed by atoms with Crippen molar-refractivity contribution in [3.63, 3.8) is 0 Å². The quantitative estimate of drug-likeness (QED) is 0.338. The first-order valence-electron chi connectivity index (χ1n) is 10.2. The van der Waals surface area contributed by atoms with E-state index in [1.165, 1.54) is 4.40 Å². The van der Waals surface area contributed by atoms with Gasteiger partial charge in [-0.15, -0.1) is 0 Å². The van der Waals surface area contributed by atoms with Crippen LogP contribution in [0.4, 0.5) is 0 Å². The molecular weight excluding hydrogens is 504 g/mol. The second kappa shape index (κ2) is 9.44. The van der Waals surface area contributed by atoms with E-state index in [0.717, 1.165) is 16.4 Å². The number of hydrogen-bond acceptors (Lipinski definition) is 4. The van der Waals surface area contributed by atoms with Crippen molar-refractivity contribution in [2.45, 2.75) is 72.0 Å². The van der Waals surface area contributed by atoms with Gasteiger partial charge < -0.3 is 0 Å². The van der Waals surface area contributed by atoms with Gasteiger partial charge in [0.15, 0.2) is 0 Å². The Kier molecular flexibility index (Phi) is 8.25. The molecule has 0 heterocycles. The van der Waals surface area contributed by atoms with Crippen LogP contribution in [-0.2, 0) is 26.8 Å². The molecule has 0 bridgehead atoms. The molecule has 0 saturated carbocycles. The standard InChI is InChI=1S/C23H35GeO2PS2Si/c1-22(2,3)19-15-18(16-20(21(19)25)23(4,5)6)27(28,26-30(7,8)9)29-24-17-13-11-10-12-14-17/h10-16,25H,1-9H3. The zero-order valence-electron chi connectivity index (χ0n) is 19.7. The Morgan fingerprint density at radius 2 is 1.40 bits per heavy atom. The zero-order chi connectivity index (χ0) is 23.0. The van der Waals surface area contributed by atoms with Crippen molar-refractivity contribution in [1.29, 1.82) is 0 Å². The fourth-order valence-corrected chi connectivity index (χ4v) is 24.9. The van der Waals surface area contributed by atoms with E-state index in [1.807, 2.05) is 9.71 Å². The molecule has 0 spiro atoms. The summed E-state index contributed by atoms with van der Waals surface area (Å²) in [5.74, 6) is 0.400. The van der Waals surface area contributed by atoms with Crippen LogP contribution in [0.5, 0.6) is 5.75 Å². The van der Waals surface area contributed by atoms with Crippen LogP contribution in [0.25, 0.3) is 0 Å². The average Bonchev–Trinajstić information content (AvgIpc) is 2.57. The van der Waals surface area contributed by atoms with Gasteiger partial charge in [-0.1, -0.05) is 0 Å². The number of phenols is 1. The third-order valence-corrected chi connectivity index (χ3v) is 24.6. The van der Waals surface area contributed by atoms with Gasteiger partial charge in [0, 0.05) is 0 Å². The third kappa shape index (κ3) is 6.98. The molecule has 0 fully saturated rings. The molecular formula is C23H35GeO2PS2Si. The molecule has 2 nitrogen and oxygen atoms in total. The SMILES string of the molecule is CC(C)(C)c1cc(P(=S)(O[Si](C)(C)C)[S][Ge][c]2ccccc2)cc(C(C)(C)C)c1O.